The summed E-state index contributed by atoms with van der Waals surface area (Å²) in [6.07, 6.45) is 0. The predicted octanol–water partition coefficient (Wildman–Crippen LogP) is 2.68. The molecule has 6 nitrogen and oxygen atoms in total. The van der Waals surface area contributed by atoms with Crippen LogP contribution in [0, 0.1) is 0 Å². The monoisotopic (exact) mass is 401 g/mol. The molecule has 1 amide bonds. The van der Waals surface area contributed by atoms with Crippen molar-refractivity contribution in [2.75, 3.05) is 37.7 Å². The van der Waals surface area contributed by atoms with E-state index in [0.717, 1.165) is 26.2 Å². The highest BCUT2D eigenvalue weighted by atomic mass is 32.1. The minimum Gasteiger partial charge on any atom is -0.459 e. The number of piperazine rings is 1. The van der Waals surface area contributed by atoms with Gasteiger partial charge in [-0.05, 0) is 37.4 Å². The fraction of sp³-hybridized carbons (Fsp3) is 0.429. The van der Waals surface area contributed by atoms with E-state index in [2.05, 4.69) is 45.4 Å². The number of hydrogen-bond donors (Lipinski definition) is 1. The van der Waals surface area contributed by atoms with Gasteiger partial charge in [-0.25, -0.2) is 4.79 Å². The van der Waals surface area contributed by atoms with Gasteiger partial charge in [-0.15, -0.1) is 11.3 Å². The average Bonchev–Trinajstić information content (AvgIpc) is 3.24. The minimum absolute atomic E-state index is 0.0244. The van der Waals surface area contributed by atoms with E-state index >= 15 is 0 Å². The summed E-state index contributed by atoms with van der Waals surface area (Å²) in [7, 11) is 0. The maximum Gasteiger partial charge on any atom is 0.396 e. The number of esters is 1. The van der Waals surface area contributed by atoms with Crippen LogP contribution in [0.25, 0.3) is 0 Å². The zero-order valence-electron chi connectivity index (χ0n) is 16.3. The molecule has 150 valence electrons. The fourth-order valence-corrected chi connectivity index (χ4v) is 4.60. The summed E-state index contributed by atoms with van der Waals surface area (Å²) in [5.74, 6) is -1.51. The van der Waals surface area contributed by atoms with E-state index in [1.54, 1.807) is 18.3 Å². The van der Waals surface area contributed by atoms with Gasteiger partial charge in [0.1, 0.15) is 0 Å². The Kier molecular flexibility index (Phi) is 7.06. The second-order valence-electron chi connectivity index (χ2n) is 6.80. The highest BCUT2D eigenvalue weighted by Crippen LogP contribution is 2.30. The molecule has 2 unspecified atom stereocenters. The van der Waals surface area contributed by atoms with Crippen molar-refractivity contribution in [2.45, 2.75) is 25.9 Å². The molecular formula is C21H27N3O3S. The average molecular weight is 402 g/mol. The minimum atomic E-state index is -0.826. The molecule has 1 aliphatic rings. The van der Waals surface area contributed by atoms with E-state index in [0.29, 0.717) is 0 Å². The van der Waals surface area contributed by atoms with Crippen molar-refractivity contribution in [3.8, 4) is 0 Å². The van der Waals surface area contributed by atoms with Gasteiger partial charge >= 0.3 is 11.9 Å². The van der Waals surface area contributed by atoms with Crippen molar-refractivity contribution in [2.24, 2.45) is 0 Å². The Morgan fingerprint density at radius 1 is 1.11 bits per heavy atom. The van der Waals surface area contributed by atoms with Crippen molar-refractivity contribution in [1.29, 1.82) is 0 Å². The van der Waals surface area contributed by atoms with Crippen molar-refractivity contribution in [3.63, 3.8) is 0 Å². The molecule has 0 saturated carbocycles. The maximum absolute atomic E-state index is 12.1. The number of thiophene rings is 1. The van der Waals surface area contributed by atoms with Gasteiger partial charge in [0, 0.05) is 42.8 Å². The third-order valence-corrected chi connectivity index (χ3v) is 5.90. The molecule has 1 fully saturated rings. The van der Waals surface area contributed by atoms with Crippen molar-refractivity contribution >= 4 is 28.9 Å². The molecule has 2 aromatic rings. The molecule has 1 aromatic heterocycles. The molecule has 0 bridgehead atoms. The van der Waals surface area contributed by atoms with Crippen LogP contribution in [0.1, 0.15) is 24.8 Å². The van der Waals surface area contributed by atoms with E-state index in [1.807, 2.05) is 24.4 Å². The lowest BCUT2D eigenvalue weighted by Crippen LogP contribution is -2.53. The smallest absolute Gasteiger partial charge is 0.396 e. The van der Waals surface area contributed by atoms with Crippen LogP contribution in [0.15, 0.2) is 47.8 Å². The van der Waals surface area contributed by atoms with Crippen LogP contribution in [-0.4, -0.2) is 55.6 Å². The van der Waals surface area contributed by atoms with Gasteiger partial charge in [0.15, 0.2) is 0 Å². The van der Waals surface area contributed by atoms with E-state index in [9.17, 15) is 9.59 Å². The van der Waals surface area contributed by atoms with Gasteiger partial charge in [0.2, 0.25) is 0 Å². The molecule has 0 radical (unpaired) electrons. The summed E-state index contributed by atoms with van der Waals surface area (Å²) in [6.45, 7) is 7.44. The zero-order chi connectivity index (χ0) is 19.9. The predicted molar refractivity (Wildman–Crippen MR) is 112 cm³/mol. The van der Waals surface area contributed by atoms with Gasteiger partial charge in [-0.1, -0.05) is 24.3 Å². The number of hydrogen-bond acceptors (Lipinski definition) is 6. The first kappa shape index (κ1) is 20.4. The van der Waals surface area contributed by atoms with Gasteiger partial charge < -0.3 is 15.0 Å². The Labute approximate surface area is 170 Å². The molecule has 0 spiro atoms. The topological polar surface area (TPSA) is 61.9 Å². The Morgan fingerprint density at radius 3 is 2.43 bits per heavy atom. The molecule has 1 N–H and O–H groups in total. The quantitative estimate of drug-likeness (QED) is 0.596. The number of anilines is 1. The van der Waals surface area contributed by atoms with Gasteiger partial charge in [-0.2, -0.15) is 0 Å². The van der Waals surface area contributed by atoms with E-state index < -0.39 is 11.9 Å². The van der Waals surface area contributed by atoms with Gasteiger partial charge in [0.25, 0.3) is 0 Å². The number of carbonyl (C=O) groups is 2. The number of nitrogens with one attached hydrogen (secondary N) is 1. The fourth-order valence-electron chi connectivity index (χ4n) is 3.64. The molecule has 2 atom stereocenters. The summed E-state index contributed by atoms with van der Waals surface area (Å²) in [5, 5.41) is 4.88. The lowest BCUT2D eigenvalue weighted by molar-refractivity contribution is -0.155. The highest BCUT2D eigenvalue weighted by Gasteiger charge is 2.32. The summed E-state index contributed by atoms with van der Waals surface area (Å²) in [6, 6.07) is 14.3. The van der Waals surface area contributed by atoms with Crippen molar-refractivity contribution < 1.29 is 14.3 Å². The SMILES string of the molecule is CCOC(=O)C(=O)NC(C)C(c1cccs1)N1CCN(c2ccccc2)CC1. The van der Waals surface area contributed by atoms with E-state index in [-0.39, 0.29) is 18.7 Å². The lowest BCUT2D eigenvalue weighted by atomic mass is 10.0. The molecular weight excluding hydrogens is 374 g/mol. The Balaban J connectivity index is 1.68. The summed E-state index contributed by atoms with van der Waals surface area (Å²) in [5.41, 5.74) is 1.23. The van der Waals surface area contributed by atoms with Crippen LogP contribution in [0.5, 0.6) is 0 Å². The number of nitrogens with zero attached hydrogens (tertiary/aromatic N) is 2. The largest absolute Gasteiger partial charge is 0.459 e. The molecule has 1 saturated heterocycles. The second-order valence-corrected chi connectivity index (χ2v) is 7.78. The molecule has 7 heteroatoms. The Morgan fingerprint density at radius 2 is 1.82 bits per heavy atom. The third-order valence-electron chi connectivity index (χ3n) is 4.96. The first-order valence-corrected chi connectivity index (χ1v) is 10.5. The van der Waals surface area contributed by atoms with E-state index in [1.165, 1.54) is 10.6 Å². The maximum atomic E-state index is 12.1. The molecule has 3 rings (SSSR count). The number of carbonyl (C=O) groups excluding carboxylic acids is 2. The first-order valence-electron chi connectivity index (χ1n) is 9.65. The second kappa shape index (κ2) is 9.71. The molecule has 0 aliphatic carbocycles. The number of amides is 1. The molecule has 2 heterocycles. The number of rotatable bonds is 6. The standard InChI is InChI=1S/C21H27N3O3S/c1-3-27-21(26)20(25)22-16(2)19(18-10-7-15-28-18)24-13-11-23(12-14-24)17-8-5-4-6-9-17/h4-10,15-16,19H,3,11-14H2,1-2H3,(H,22,25). The van der Waals surface area contributed by atoms with E-state index in [4.69, 9.17) is 4.74 Å². The van der Waals surface area contributed by atoms with Crippen LogP contribution in [0.4, 0.5) is 5.69 Å². The lowest BCUT2D eigenvalue weighted by Gasteiger charge is -2.42. The summed E-state index contributed by atoms with van der Waals surface area (Å²) >= 11 is 1.67. The summed E-state index contributed by atoms with van der Waals surface area (Å²) < 4.78 is 4.81. The van der Waals surface area contributed by atoms with Crippen LogP contribution in [0.2, 0.25) is 0 Å². The molecule has 1 aliphatic heterocycles. The Bertz CT molecular complexity index is 758. The molecule has 28 heavy (non-hydrogen) atoms. The Hall–Kier alpha value is -2.38. The van der Waals surface area contributed by atoms with Gasteiger partial charge in [-0.3, -0.25) is 9.69 Å². The van der Waals surface area contributed by atoms with Crippen LogP contribution < -0.4 is 10.2 Å². The van der Waals surface area contributed by atoms with Crippen molar-refractivity contribution in [3.05, 3.63) is 52.7 Å². The van der Waals surface area contributed by atoms with Crippen LogP contribution in [-0.2, 0) is 14.3 Å². The normalized spacial score (nSPS) is 17.0. The first-order chi connectivity index (χ1) is 13.6. The summed E-state index contributed by atoms with van der Waals surface area (Å²) in [4.78, 5) is 29.8. The van der Waals surface area contributed by atoms with Crippen LogP contribution in [0.3, 0.4) is 0 Å². The number of benzene rings is 1. The van der Waals surface area contributed by atoms with Gasteiger partial charge in [0.05, 0.1) is 12.6 Å². The number of para-hydroxylation sites is 1. The van der Waals surface area contributed by atoms with Crippen molar-refractivity contribution in [1.82, 2.24) is 10.2 Å². The molecule has 1 aromatic carbocycles. The highest BCUT2D eigenvalue weighted by molar-refractivity contribution is 7.10. The number of ether oxygens (including phenoxy) is 1. The zero-order valence-corrected chi connectivity index (χ0v) is 17.2. The third kappa shape index (κ3) is 4.91. The van der Waals surface area contributed by atoms with Crippen LogP contribution >= 0.6 is 11.3 Å².